The Morgan fingerprint density at radius 2 is 2.00 bits per heavy atom. The summed E-state index contributed by atoms with van der Waals surface area (Å²) in [6.07, 6.45) is 0.144. The van der Waals surface area contributed by atoms with Crippen molar-refractivity contribution >= 4 is 17.2 Å². The van der Waals surface area contributed by atoms with Crippen molar-refractivity contribution in [2.75, 3.05) is 0 Å². The molecule has 2 heterocycles. The molecule has 0 fully saturated rings. The van der Waals surface area contributed by atoms with Crippen LogP contribution in [-0.4, -0.2) is 10.9 Å². The third-order valence-corrected chi connectivity index (χ3v) is 5.02. The van der Waals surface area contributed by atoms with E-state index in [0.717, 1.165) is 10.4 Å². The summed E-state index contributed by atoms with van der Waals surface area (Å²) in [5.74, 6) is 0.930. The Bertz CT molecular complexity index is 870. The number of aryl methyl sites for hydroxylation is 1. The van der Waals surface area contributed by atoms with Crippen LogP contribution in [0.3, 0.4) is 0 Å². The minimum absolute atomic E-state index is 0.137. The predicted molar refractivity (Wildman–Crippen MR) is 100 cm³/mol. The third-order valence-electron chi connectivity index (χ3n) is 4.16. The molecular weight excluding hydrogens is 351 g/mol. The van der Waals surface area contributed by atoms with Gasteiger partial charge in [0.25, 0.3) is 0 Å². The second-order valence-corrected chi connectivity index (χ2v) is 7.46. The van der Waals surface area contributed by atoms with Gasteiger partial charge in [-0.1, -0.05) is 32.0 Å². The Balaban J connectivity index is 1.72. The zero-order valence-electron chi connectivity index (χ0n) is 15.0. The summed E-state index contributed by atoms with van der Waals surface area (Å²) in [6.45, 7) is 5.85. The molecule has 4 nitrogen and oxygen atoms in total. The summed E-state index contributed by atoms with van der Waals surface area (Å²) >= 11 is 1.54. The fraction of sp³-hybridized carbons (Fsp3) is 0.300. The molecule has 1 unspecified atom stereocenters. The number of amides is 1. The molecule has 0 aliphatic rings. The van der Waals surface area contributed by atoms with Gasteiger partial charge in [0.1, 0.15) is 11.6 Å². The monoisotopic (exact) mass is 372 g/mol. The number of nitrogens with zero attached hydrogens (tertiary/aromatic N) is 1. The van der Waals surface area contributed by atoms with Gasteiger partial charge in [0, 0.05) is 0 Å². The number of thiophene rings is 1. The summed E-state index contributed by atoms with van der Waals surface area (Å²) in [5.41, 5.74) is 1.51. The van der Waals surface area contributed by atoms with Gasteiger partial charge in [-0.2, -0.15) is 0 Å². The summed E-state index contributed by atoms with van der Waals surface area (Å²) in [4.78, 5) is 17.9. The van der Waals surface area contributed by atoms with Crippen LogP contribution >= 0.6 is 11.3 Å². The van der Waals surface area contributed by atoms with Gasteiger partial charge in [-0.3, -0.25) is 4.79 Å². The number of hydrogen-bond donors (Lipinski definition) is 1. The number of nitrogens with one attached hydrogen (secondary N) is 1. The summed E-state index contributed by atoms with van der Waals surface area (Å²) in [7, 11) is 0. The molecule has 26 heavy (non-hydrogen) atoms. The van der Waals surface area contributed by atoms with E-state index in [1.54, 1.807) is 23.5 Å². The van der Waals surface area contributed by atoms with Crippen LogP contribution in [0.5, 0.6) is 0 Å². The van der Waals surface area contributed by atoms with Crippen molar-refractivity contribution in [1.29, 1.82) is 0 Å². The number of halogens is 1. The standard InChI is InChI=1S/C20H21FN2O2S/c1-12(2)19(14-6-8-15(21)9-7-14)23-18(24)11-16-13(3)25-20(22-16)17-5-4-10-26-17/h4-10,12,19H,11H2,1-3H3,(H,23,24). The molecular formula is C20H21FN2O2S. The van der Waals surface area contributed by atoms with Gasteiger partial charge in [-0.05, 0) is 42.0 Å². The van der Waals surface area contributed by atoms with Gasteiger partial charge in [0.15, 0.2) is 0 Å². The minimum atomic E-state index is -0.290. The molecule has 0 radical (unpaired) electrons. The predicted octanol–water partition coefficient (Wildman–Crippen LogP) is 4.91. The van der Waals surface area contributed by atoms with Crippen LogP contribution in [-0.2, 0) is 11.2 Å². The van der Waals surface area contributed by atoms with E-state index >= 15 is 0 Å². The molecule has 1 atom stereocenters. The van der Waals surface area contributed by atoms with E-state index in [1.165, 1.54) is 12.1 Å². The van der Waals surface area contributed by atoms with Crippen LogP contribution in [0.15, 0.2) is 46.2 Å². The number of aromatic nitrogens is 1. The third kappa shape index (κ3) is 4.19. The fourth-order valence-electron chi connectivity index (χ4n) is 2.78. The van der Waals surface area contributed by atoms with Crippen molar-refractivity contribution in [1.82, 2.24) is 10.3 Å². The summed E-state index contributed by atoms with van der Waals surface area (Å²) in [5, 5.41) is 4.99. The molecule has 1 amide bonds. The number of benzene rings is 1. The Morgan fingerprint density at radius 3 is 2.62 bits per heavy atom. The molecule has 0 saturated heterocycles. The quantitative estimate of drug-likeness (QED) is 0.669. The van der Waals surface area contributed by atoms with Gasteiger partial charge in [-0.25, -0.2) is 9.37 Å². The highest BCUT2D eigenvalue weighted by molar-refractivity contribution is 7.13. The van der Waals surface area contributed by atoms with Crippen molar-refractivity contribution in [2.24, 2.45) is 5.92 Å². The van der Waals surface area contributed by atoms with E-state index in [2.05, 4.69) is 10.3 Å². The molecule has 1 N–H and O–H groups in total. The zero-order valence-corrected chi connectivity index (χ0v) is 15.8. The van der Waals surface area contributed by atoms with Crippen LogP contribution in [0.4, 0.5) is 4.39 Å². The van der Waals surface area contributed by atoms with Crippen molar-refractivity contribution in [3.63, 3.8) is 0 Å². The number of oxazole rings is 1. The molecule has 1 aromatic carbocycles. The van der Waals surface area contributed by atoms with E-state index in [1.807, 2.05) is 38.3 Å². The first-order chi connectivity index (χ1) is 12.4. The molecule has 136 valence electrons. The highest BCUT2D eigenvalue weighted by Gasteiger charge is 2.21. The second-order valence-electron chi connectivity index (χ2n) is 6.52. The Morgan fingerprint density at radius 1 is 1.27 bits per heavy atom. The maximum atomic E-state index is 13.2. The molecule has 3 aromatic rings. The largest absolute Gasteiger partial charge is 0.440 e. The van der Waals surface area contributed by atoms with Crippen molar-refractivity contribution < 1.29 is 13.6 Å². The van der Waals surface area contributed by atoms with Crippen molar-refractivity contribution in [3.8, 4) is 10.8 Å². The first-order valence-electron chi connectivity index (χ1n) is 8.49. The van der Waals surface area contributed by atoms with E-state index in [-0.39, 0.29) is 30.1 Å². The van der Waals surface area contributed by atoms with Crippen molar-refractivity contribution in [2.45, 2.75) is 33.2 Å². The van der Waals surface area contributed by atoms with E-state index in [9.17, 15) is 9.18 Å². The zero-order chi connectivity index (χ0) is 18.7. The Hall–Kier alpha value is -2.47. The number of carbonyl (C=O) groups is 1. The van der Waals surface area contributed by atoms with Crippen LogP contribution in [0.1, 0.15) is 36.9 Å². The lowest BCUT2D eigenvalue weighted by Crippen LogP contribution is -2.33. The lowest BCUT2D eigenvalue weighted by molar-refractivity contribution is -0.121. The van der Waals surface area contributed by atoms with E-state index < -0.39 is 0 Å². The average Bonchev–Trinajstić information content (AvgIpc) is 3.24. The maximum Gasteiger partial charge on any atom is 0.236 e. The topological polar surface area (TPSA) is 55.1 Å². The van der Waals surface area contributed by atoms with Gasteiger partial charge >= 0.3 is 0 Å². The van der Waals surface area contributed by atoms with Crippen molar-refractivity contribution in [3.05, 3.63) is 64.6 Å². The first-order valence-corrected chi connectivity index (χ1v) is 9.37. The molecule has 6 heteroatoms. The molecule has 0 aliphatic heterocycles. The van der Waals surface area contributed by atoms with Gasteiger partial charge < -0.3 is 9.73 Å². The summed E-state index contributed by atoms with van der Waals surface area (Å²) < 4.78 is 18.8. The normalized spacial score (nSPS) is 12.3. The fourth-order valence-corrected chi connectivity index (χ4v) is 3.43. The van der Waals surface area contributed by atoms with E-state index in [4.69, 9.17) is 4.42 Å². The number of rotatable bonds is 6. The van der Waals surface area contributed by atoms with Gasteiger partial charge in [0.2, 0.25) is 11.8 Å². The molecule has 0 aliphatic carbocycles. The maximum absolute atomic E-state index is 13.2. The first kappa shape index (κ1) is 18.3. The number of carbonyl (C=O) groups excluding carboxylic acids is 1. The Kier molecular flexibility index (Phi) is 5.52. The number of hydrogen-bond acceptors (Lipinski definition) is 4. The van der Waals surface area contributed by atoms with Crippen LogP contribution in [0.25, 0.3) is 10.8 Å². The highest BCUT2D eigenvalue weighted by Crippen LogP contribution is 2.26. The molecule has 0 bridgehead atoms. The smallest absolute Gasteiger partial charge is 0.236 e. The van der Waals surface area contributed by atoms with Crippen LogP contribution in [0.2, 0.25) is 0 Å². The van der Waals surface area contributed by atoms with Gasteiger partial charge in [-0.15, -0.1) is 11.3 Å². The van der Waals surface area contributed by atoms with Crippen LogP contribution < -0.4 is 5.32 Å². The highest BCUT2D eigenvalue weighted by atomic mass is 32.1. The SMILES string of the molecule is Cc1oc(-c2cccs2)nc1CC(=O)NC(c1ccc(F)cc1)C(C)C. The molecule has 0 spiro atoms. The molecule has 0 saturated carbocycles. The van der Waals surface area contributed by atoms with E-state index in [0.29, 0.717) is 17.3 Å². The second kappa shape index (κ2) is 7.83. The molecule has 3 rings (SSSR count). The minimum Gasteiger partial charge on any atom is -0.440 e. The lowest BCUT2D eigenvalue weighted by atomic mass is 9.96. The summed E-state index contributed by atoms with van der Waals surface area (Å²) in [6, 6.07) is 9.91. The Labute approximate surface area is 156 Å². The average molecular weight is 372 g/mol. The lowest BCUT2D eigenvalue weighted by Gasteiger charge is -2.23. The van der Waals surface area contributed by atoms with Gasteiger partial charge in [0.05, 0.1) is 23.0 Å². The van der Waals surface area contributed by atoms with Crippen LogP contribution in [0, 0.1) is 18.7 Å². The molecule has 2 aromatic heterocycles.